The van der Waals surface area contributed by atoms with Crippen LogP contribution in [0, 0.1) is 11.8 Å². The zero-order valence-corrected chi connectivity index (χ0v) is 15.1. The first-order chi connectivity index (χ1) is 11.7. The summed E-state index contributed by atoms with van der Waals surface area (Å²) in [5.74, 6) is 1.62. The van der Waals surface area contributed by atoms with Crippen LogP contribution in [-0.2, 0) is 5.41 Å². The number of rotatable bonds is 1. The van der Waals surface area contributed by atoms with Crippen LogP contribution in [0.3, 0.4) is 0 Å². The monoisotopic (exact) mass is 314 g/mol. The third kappa shape index (κ3) is 2.13. The third-order valence-electron chi connectivity index (χ3n) is 5.73. The molecule has 24 heavy (non-hydrogen) atoms. The maximum Gasteiger partial charge on any atom is 0.0159 e. The average Bonchev–Trinajstić information content (AvgIpc) is 3.37. The van der Waals surface area contributed by atoms with E-state index < -0.39 is 0 Å². The van der Waals surface area contributed by atoms with Crippen LogP contribution in [0.25, 0.3) is 16.7 Å². The summed E-state index contributed by atoms with van der Waals surface area (Å²) in [4.78, 5) is 0. The molecule has 0 heterocycles. The van der Waals surface area contributed by atoms with Gasteiger partial charge in [-0.3, -0.25) is 0 Å². The van der Waals surface area contributed by atoms with E-state index in [1.54, 1.807) is 0 Å². The molecule has 0 aliphatic heterocycles. The van der Waals surface area contributed by atoms with E-state index >= 15 is 0 Å². The Hall–Kier alpha value is -2.08. The van der Waals surface area contributed by atoms with E-state index in [-0.39, 0.29) is 5.41 Å². The Morgan fingerprint density at radius 3 is 2.33 bits per heavy atom. The van der Waals surface area contributed by atoms with E-state index in [1.165, 1.54) is 39.8 Å². The van der Waals surface area contributed by atoms with Gasteiger partial charge in [0, 0.05) is 5.41 Å². The summed E-state index contributed by atoms with van der Waals surface area (Å²) < 4.78 is 0. The van der Waals surface area contributed by atoms with Gasteiger partial charge in [0.2, 0.25) is 0 Å². The summed E-state index contributed by atoms with van der Waals surface area (Å²) in [5.41, 5.74) is 8.74. The van der Waals surface area contributed by atoms with Gasteiger partial charge < -0.3 is 0 Å². The van der Waals surface area contributed by atoms with E-state index in [2.05, 4.69) is 74.5 Å². The molecule has 3 aliphatic rings. The highest BCUT2D eigenvalue weighted by atomic mass is 14.4. The lowest BCUT2D eigenvalue weighted by Gasteiger charge is -2.21. The molecule has 1 saturated carbocycles. The molecule has 1 fully saturated rings. The molecular weight excluding hydrogens is 288 g/mol. The molecular formula is C24H26. The standard InChI is InChI=1S/C22H20.C2H6/c1-22(2)19-8-4-3-6-18(19)21-17(7-5-9-20(21)22)15-11-10-14-12-16(14)13-15;1-2/h3-11,13-14,16H,12H2,1-2H3;1-2H3. The first-order valence-corrected chi connectivity index (χ1v) is 9.30. The minimum Gasteiger partial charge on any atom is -0.0802 e. The van der Waals surface area contributed by atoms with Gasteiger partial charge in [0.1, 0.15) is 0 Å². The molecule has 2 aromatic rings. The van der Waals surface area contributed by atoms with Gasteiger partial charge >= 0.3 is 0 Å². The van der Waals surface area contributed by atoms with Crippen molar-refractivity contribution >= 4 is 5.57 Å². The number of hydrogen-bond acceptors (Lipinski definition) is 0. The highest BCUT2D eigenvalue weighted by molar-refractivity contribution is 5.93. The lowest BCUT2D eigenvalue weighted by molar-refractivity contribution is 0.660. The Bertz CT molecular complexity index is 848. The van der Waals surface area contributed by atoms with Crippen LogP contribution in [0.5, 0.6) is 0 Å². The van der Waals surface area contributed by atoms with Crippen LogP contribution in [0.2, 0.25) is 0 Å². The van der Waals surface area contributed by atoms with Crippen molar-refractivity contribution in [3.63, 3.8) is 0 Å². The third-order valence-corrected chi connectivity index (χ3v) is 5.73. The Kier molecular flexibility index (Phi) is 3.53. The molecule has 122 valence electrons. The van der Waals surface area contributed by atoms with Crippen LogP contribution in [0.15, 0.2) is 60.7 Å². The number of fused-ring (bicyclic) bond motifs is 4. The maximum atomic E-state index is 2.49. The fraction of sp³-hybridized carbons (Fsp3) is 0.333. The van der Waals surface area contributed by atoms with Crippen molar-refractivity contribution < 1.29 is 0 Å². The average molecular weight is 314 g/mol. The van der Waals surface area contributed by atoms with E-state index in [9.17, 15) is 0 Å². The van der Waals surface area contributed by atoms with E-state index in [1.807, 2.05) is 13.8 Å². The summed E-state index contributed by atoms with van der Waals surface area (Å²) in [7, 11) is 0. The van der Waals surface area contributed by atoms with E-state index in [0.717, 1.165) is 11.8 Å². The molecule has 0 bridgehead atoms. The summed E-state index contributed by atoms with van der Waals surface area (Å²) >= 11 is 0. The van der Waals surface area contributed by atoms with Gasteiger partial charge in [0.05, 0.1) is 0 Å². The molecule has 0 saturated heterocycles. The molecule has 2 aromatic carbocycles. The van der Waals surface area contributed by atoms with Gasteiger partial charge in [0.15, 0.2) is 0 Å². The second-order valence-corrected chi connectivity index (χ2v) is 7.44. The number of benzene rings is 2. The summed E-state index contributed by atoms with van der Waals surface area (Å²) in [6, 6.07) is 15.8. The van der Waals surface area contributed by atoms with Gasteiger partial charge in [-0.25, -0.2) is 0 Å². The van der Waals surface area contributed by atoms with Crippen molar-refractivity contribution in [2.24, 2.45) is 11.8 Å². The molecule has 0 aromatic heterocycles. The van der Waals surface area contributed by atoms with Crippen LogP contribution >= 0.6 is 0 Å². The molecule has 0 spiro atoms. The van der Waals surface area contributed by atoms with Crippen molar-refractivity contribution in [2.45, 2.75) is 39.5 Å². The molecule has 0 radical (unpaired) electrons. The largest absolute Gasteiger partial charge is 0.0802 e. The fourth-order valence-corrected chi connectivity index (χ4v) is 4.34. The van der Waals surface area contributed by atoms with Crippen LogP contribution in [0.1, 0.15) is 50.8 Å². The zero-order valence-electron chi connectivity index (χ0n) is 15.1. The molecule has 2 unspecified atom stereocenters. The quantitative estimate of drug-likeness (QED) is 0.555. The Balaban J connectivity index is 0.000000704. The summed E-state index contributed by atoms with van der Waals surface area (Å²) in [6.07, 6.45) is 8.59. The molecule has 0 nitrogen and oxygen atoms in total. The van der Waals surface area contributed by atoms with Crippen molar-refractivity contribution in [3.8, 4) is 11.1 Å². The van der Waals surface area contributed by atoms with Crippen LogP contribution < -0.4 is 0 Å². The second-order valence-electron chi connectivity index (χ2n) is 7.44. The van der Waals surface area contributed by atoms with Crippen molar-refractivity contribution in [1.82, 2.24) is 0 Å². The predicted molar refractivity (Wildman–Crippen MR) is 104 cm³/mol. The number of allylic oxidation sites excluding steroid dienone is 4. The molecule has 3 aliphatic carbocycles. The topological polar surface area (TPSA) is 0 Å². The van der Waals surface area contributed by atoms with Gasteiger partial charge in [0.25, 0.3) is 0 Å². The predicted octanol–water partition coefficient (Wildman–Crippen LogP) is 6.61. The second kappa shape index (κ2) is 5.48. The molecule has 2 atom stereocenters. The van der Waals surface area contributed by atoms with E-state index in [4.69, 9.17) is 0 Å². The van der Waals surface area contributed by atoms with Gasteiger partial charge in [-0.05, 0) is 51.6 Å². The van der Waals surface area contributed by atoms with Crippen LogP contribution in [-0.4, -0.2) is 0 Å². The highest BCUT2D eigenvalue weighted by Crippen LogP contribution is 2.53. The van der Waals surface area contributed by atoms with Crippen molar-refractivity contribution in [3.05, 3.63) is 77.4 Å². The van der Waals surface area contributed by atoms with Gasteiger partial charge in [-0.15, -0.1) is 0 Å². The van der Waals surface area contributed by atoms with Gasteiger partial charge in [-0.1, -0.05) is 88.4 Å². The smallest absolute Gasteiger partial charge is 0.0159 e. The number of hydrogen-bond donors (Lipinski definition) is 0. The normalized spacial score (nSPS) is 24.1. The molecule has 0 N–H and O–H groups in total. The minimum atomic E-state index is 0.100. The molecule has 0 amide bonds. The fourth-order valence-electron chi connectivity index (χ4n) is 4.34. The molecule has 5 rings (SSSR count). The lowest BCUT2D eigenvalue weighted by Crippen LogP contribution is -2.14. The van der Waals surface area contributed by atoms with Crippen LogP contribution in [0.4, 0.5) is 0 Å². The summed E-state index contributed by atoms with van der Waals surface area (Å²) in [5, 5.41) is 0. The van der Waals surface area contributed by atoms with Gasteiger partial charge in [-0.2, -0.15) is 0 Å². The Morgan fingerprint density at radius 1 is 0.833 bits per heavy atom. The van der Waals surface area contributed by atoms with Crippen molar-refractivity contribution in [2.75, 3.05) is 0 Å². The van der Waals surface area contributed by atoms with Crippen molar-refractivity contribution in [1.29, 1.82) is 0 Å². The lowest BCUT2D eigenvalue weighted by atomic mass is 9.82. The first-order valence-electron chi connectivity index (χ1n) is 9.30. The summed E-state index contributed by atoms with van der Waals surface area (Å²) in [6.45, 7) is 8.70. The SMILES string of the molecule is CC.CC1(C)c2ccccc2-c2c(C3=CC4CC4C=C3)cccc21. The first kappa shape index (κ1) is 15.4. The highest BCUT2D eigenvalue weighted by Gasteiger charge is 2.38. The zero-order chi connectivity index (χ0) is 16.9. The minimum absolute atomic E-state index is 0.100. The Morgan fingerprint density at radius 2 is 1.54 bits per heavy atom. The van der Waals surface area contributed by atoms with E-state index in [0.29, 0.717) is 0 Å². The maximum absolute atomic E-state index is 2.49. The Labute approximate surface area is 145 Å². The molecule has 0 heteroatoms.